The van der Waals surface area contributed by atoms with Gasteiger partial charge >= 0.3 is 0 Å². The van der Waals surface area contributed by atoms with Crippen molar-refractivity contribution in [1.29, 1.82) is 0 Å². The Balaban J connectivity index is 2.65. The van der Waals surface area contributed by atoms with Crippen LogP contribution in [0.3, 0.4) is 0 Å². The lowest BCUT2D eigenvalue weighted by atomic mass is 10.1. The largest absolute Gasteiger partial charge is 0.326 e. The maximum Gasteiger partial charge on any atom is 0.221 e. The first-order valence-electron chi connectivity index (χ1n) is 4.47. The molecule has 4 heteroatoms. The zero-order valence-electron chi connectivity index (χ0n) is 8.12. The van der Waals surface area contributed by atoms with E-state index < -0.39 is 0 Å². The Hall–Kier alpha value is -1.61. The van der Waals surface area contributed by atoms with Crippen LogP contribution in [0.2, 0.25) is 5.02 Å². The molecule has 0 atom stereocenters. The highest BCUT2D eigenvalue weighted by molar-refractivity contribution is 6.32. The molecule has 0 aliphatic rings. The molecular formula is C11H9ClN2O. The number of anilines is 1. The van der Waals surface area contributed by atoms with Crippen LogP contribution in [0.25, 0.3) is 10.8 Å². The van der Waals surface area contributed by atoms with Gasteiger partial charge in [-0.15, -0.1) is 0 Å². The van der Waals surface area contributed by atoms with Gasteiger partial charge in [0.1, 0.15) is 0 Å². The summed E-state index contributed by atoms with van der Waals surface area (Å²) >= 11 is 5.93. The minimum Gasteiger partial charge on any atom is -0.326 e. The Morgan fingerprint density at radius 2 is 2.27 bits per heavy atom. The van der Waals surface area contributed by atoms with Gasteiger partial charge in [0.05, 0.1) is 5.69 Å². The molecule has 1 N–H and O–H groups in total. The molecule has 0 unspecified atom stereocenters. The summed E-state index contributed by atoms with van der Waals surface area (Å²) in [6.45, 7) is 1.47. The van der Waals surface area contributed by atoms with Crippen molar-refractivity contribution in [3.63, 3.8) is 0 Å². The van der Waals surface area contributed by atoms with Crippen molar-refractivity contribution in [1.82, 2.24) is 4.98 Å². The fourth-order valence-corrected chi connectivity index (χ4v) is 1.69. The lowest BCUT2D eigenvalue weighted by Gasteiger charge is -2.07. The van der Waals surface area contributed by atoms with Gasteiger partial charge in [0.25, 0.3) is 0 Å². The molecule has 76 valence electrons. The van der Waals surface area contributed by atoms with Crippen molar-refractivity contribution in [2.75, 3.05) is 5.32 Å². The van der Waals surface area contributed by atoms with Gasteiger partial charge in [0, 0.05) is 35.1 Å². The van der Waals surface area contributed by atoms with Gasteiger partial charge in [-0.2, -0.15) is 0 Å². The van der Waals surface area contributed by atoms with Crippen LogP contribution in [0.15, 0.2) is 30.6 Å². The van der Waals surface area contributed by atoms with E-state index in [-0.39, 0.29) is 5.91 Å². The zero-order valence-corrected chi connectivity index (χ0v) is 8.88. The monoisotopic (exact) mass is 220 g/mol. The van der Waals surface area contributed by atoms with Crippen molar-refractivity contribution in [3.8, 4) is 0 Å². The van der Waals surface area contributed by atoms with E-state index in [1.54, 1.807) is 18.5 Å². The Morgan fingerprint density at radius 3 is 3.00 bits per heavy atom. The molecule has 0 aliphatic heterocycles. The topological polar surface area (TPSA) is 42.0 Å². The van der Waals surface area contributed by atoms with Crippen molar-refractivity contribution < 1.29 is 4.79 Å². The second-order valence-corrected chi connectivity index (χ2v) is 3.67. The van der Waals surface area contributed by atoms with E-state index in [0.29, 0.717) is 10.7 Å². The third-order valence-corrected chi connectivity index (χ3v) is 2.25. The molecule has 0 bridgehead atoms. The molecule has 1 heterocycles. The van der Waals surface area contributed by atoms with E-state index >= 15 is 0 Å². The van der Waals surface area contributed by atoms with Crippen LogP contribution in [0.5, 0.6) is 0 Å². The number of rotatable bonds is 1. The second kappa shape index (κ2) is 3.87. The Morgan fingerprint density at radius 1 is 1.47 bits per heavy atom. The molecule has 0 aliphatic carbocycles. The lowest BCUT2D eigenvalue weighted by Crippen LogP contribution is -2.06. The highest BCUT2D eigenvalue weighted by Crippen LogP contribution is 2.27. The van der Waals surface area contributed by atoms with E-state index in [0.717, 1.165) is 10.8 Å². The Labute approximate surface area is 92.1 Å². The Bertz CT molecular complexity index is 525. The van der Waals surface area contributed by atoms with Crippen LogP contribution in [-0.4, -0.2) is 10.9 Å². The molecule has 1 aromatic heterocycles. The number of nitrogens with zero attached hydrogens (tertiary/aromatic N) is 1. The minimum atomic E-state index is -0.115. The number of pyridine rings is 1. The number of halogens is 1. The molecule has 15 heavy (non-hydrogen) atoms. The quantitative estimate of drug-likeness (QED) is 0.803. The first-order valence-corrected chi connectivity index (χ1v) is 4.85. The third-order valence-electron chi connectivity index (χ3n) is 2.03. The van der Waals surface area contributed by atoms with E-state index in [1.807, 2.05) is 12.1 Å². The van der Waals surface area contributed by atoms with Crippen molar-refractivity contribution >= 4 is 34.0 Å². The van der Waals surface area contributed by atoms with Gasteiger partial charge in [-0.3, -0.25) is 9.78 Å². The van der Waals surface area contributed by atoms with Crippen LogP contribution in [-0.2, 0) is 4.79 Å². The standard InChI is InChI=1S/C11H9ClN2O/c1-7(15)14-11-5-9(12)4-8-6-13-3-2-10(8)11/h2-6H,1H3,(H,14,15). The summed E-state index contributed by atoms with van der Waals surface area (Å²) in [5.74, 6) is -0.115. The number of carbonyl (C=O) groups is 1. The Kier molecular flexibility index (Phi) is 2.56. The molecule has 0 fully saturated rings. The SMILES string of the molecule is CC(=O)Nc1cc(Cl)cc2cnccc12. The van der Waals surface area contributed by atoms with Crippen molar-refractivity contribution in [2.45, 2.75) is 6.92 Å². The summed E-state index contributed by atoms with van der Waals surface area (Å²) in [4.78, 5) is 15.0. The van der Waals surface area contributed by atoms with Gasteiger partial charge in [-0.25, -0.2) is 0 Å². The van der Waals surface area contributed by atoms with E-state index in [1.165, 1.54) is 6.92 Å². The van der Waals surface area contributed by atoms with Crippen LogP contribution in [0.4, 0.5) is 5.69 Å². The van der Waals surface area contributed by atoms with Crippen LogP contribution >= 0.6 is 11.6 Å². The van der Waals surface area contributed by atoms with Gasteiger partial charge < -0.3 is 5.32 Å². The number of amides is 1. The molecule has 1 aromatic carbocycles. The van der Waals surface area contributed by atoms with E-state index in [9.17, 15) is 4.79 Å². The number of nitrogens with one attached hydrogen (secondary N) is 1. The zero-order chi connectivity index (χ0) is 10.8. The maximum absolute atomic E-state index is 11.0. The van der Waals surface area contributed by atoms with Crippen molar-refractivity contribution in [2.24, 2.45) is 0 Å². The van der Waals surface area contributed by atoms with Crippen LogP contribution < -0.4 is 5.32 Å². The number of fused-ring (bicyclic) bond motifs is 1. The molecule has 0 radical (unpaired) electrons. The summed E-state index contributed by atoms with van der Waals surface area (Å²) < 4.78 is 0. The van der Waals surface area contributed by atoms with Gasteiger partial charge in [-0.1, -0.05) is 11.6 Å². The second-order valence-electron chi connectivity index (χ2n) is 3.23. The van der Waals surface area contributed by atoms with Gasteiger partial charge in [0.2, 0.25) is 5.91 Å². The molecule has 2 rings (SSSR count). The summed E-state index contributed by atoms with van der Waals surface area (Å²) in [6.07, 6.45) is 3.40. The van der Waals surface area contributed by atoms with Gasteiger partial charge in [0.15, 0.2) is 0 Å². The number of benzene rings is 1. The molecule has 3 nitrogen and oxygen atoms in total. The summed E-state index contributed by atoms with van der Waals surface area (Å²) in [5.41, 5.74) is 0.715. The predicted molar refractivity (Wildman–Crippen MR) is 61.1 cm³/mol. The predicted octanol–water partition coefficient (Wildman–Crippen LogP) is 2.85. The molecule has 2 aromatic rings. The number of aromatic nitrogens is 1. The molecule has 0 saturated heterocycles. The average molecular weight is 221 g/mol. The number of carbonyl (C=O) groups excluding carboxylic acids is 1. The fourth-order valence-electron chi connectivity index (χ4n) is 1.47. The highest BCUT2D eigenvalue weighted by atomic mass is 35.5. The average Bonchev–Trinajstić information content (AvgIpc) is 2.16. The summed E-state index contributed by atoms with van der Waals surface area (Å²) in [6, 6.07) is 5.39. The number of hydrogen-bond donors (Lipinski definition) is 1. The van der Waals surface area contributed by atoms with Gasteiger partial charge in [-0.05, 0) is 18.2 Å². The fraction of sp³-hybridized carbons (Fsp3) is 0.0909. The summed E-state index contributed by atoms with van der Waals surface area (Å²) in [5, 5.41) is 5.17. The van der Waals surface area contributed by atoms with Crippen molar-refractivity contribution in [3.05, 3.63) is 35.6 Å². The molecule has 1 amide bonds. The number of hydrogen-bond acceptors (Lipinski definition) is 2. The first kappa shape index (κ1) is 9.93. The maximum atomic E-state index is 11.0. The normalized spacial score (nSPS) is 10.3. The first-order chi connectivity index (χ1) is 7.16. The molecule has 0 spiro atoms. The minimum absolute atomic E-state index is 0.115. The molecule has 0 saturated carbocycles. The van der Waals surface area contributed by atoms with E-state index in [4.69, 9.17) is 11.6 Å². The third kappa shape index (κ3) is 2.07. The van der Waals surface area contributed by atoms with E-state index in [2.05, 4.69) is 10.3 Å². The van der Waals surface area contributed by atoms with Crippen LogP contribution in [0, 0.1) is 0 Å². The molecular weight excluding hydrogens is 212 g/mol. The summed E-state index contributed by atoms with van der Waals surface area (Å²) in [7, 11) is 0. The van der Waals surface area contributed by atoms with Crippen LogP contribution in [0.1, 0.15) is 6.92 Å². The lowest BCUT2D eigenvalue weighted by molar-refractivity contribution is -0.114. The smallest absolute Gasteiger partial charge is 0.221 e. The highest BCUT2D eigenvalue weighted by Gasteiger charge is 2.04.